The van der Waals surface area contributed by atoms with Gasteiger partial charge in [-0.3, -0.25) is 19.2 Å². The van der Waals surface area contributed by atoms with Crippen LogP contribution in [-0.4, -0.2) is 88.3 Å². The van der Waals surface area contributed by atoms with Crippen LogP contribution in [-0.2, 0) is 28.9 Å². The largest absolute Gasteiger partial charge is 0.386 e. The number of hydrogen-bond acceptors (Lipinski definition) is 10. The average molecular weight is 471 g/mol. The molecule has 0 aliphatic heterocycles. The number of carbonyl (C=O) groups is 4. The van der Waals surface area contributed by atoms with E-state index in [1.807, 2.05) is 0 Å². The van der Waals surface area contributed by atoms with Crippen LogP contribution in [0.5, 0.6) is 0 Å². The molecule has 0 bridgehead atoms. The van der Waals surface area contributed by atoms with E-state index in [1.54, 1.807) is 14.1 Å². The van der Waals surface area contributed by atoms with Gasteiger partial charge in [0.2, 0.25) is 0 Å². The number of likely N-dealkylation sites (N-methyl/N-ethyl adjacent to an activating group) is 2. The van der Waals surface area contributed by atoms with E-state index in [2.05, 4.69) is 31.6 Å². The summed E-state index contributed by atoms with van der Waals surface area (Å²) in [6.07, 6.45) is 5.74. The fourth-order valence-electron chi connectivity index (χ4n) is 2.70. The summed E-state index contributed by atoms with van der Waals surface area (Å²) in [5.41, 5.74) is 0. The standard InChI is InChI=1S/C21H38N6O6/c1-16(28)18(22-3)8-5-10-24-20(30)14-32-26-12-7-13-27-33-15-21(31)25-11-6-9-19(23-4)17(2)29/h12-13,18-19,22-23H,5-11,14-15H2,1-4H3,(H,24,30)(H,25,31)/b26-12-,27-13-/t18-,19-/m1/s1. The fourth-order valence-corrected chi connectivity index (χ4v) is 2.70. The molecule has 2 amide bonds. The summed E-state index contributed by atoms with van der Waals surface area (Å²) in [5, 5.41) is 18.5. The molecule has 0 aromatic heterocycles. The predicted molar refractivity (Wildman–Crippen MR) is 125 cm³/mol. The summed E-state index contributed by atoms with van der Waals surface area (Å²) in [7, 11) is 3.46. The van der Waals surface area contributed by atoms with Gasteiger partial charge in [0.1, 0.15) is 11.6 Å². The van der Waals surface area contributed by atoms with Crippen LogP contribution in [0.15, 0.2) is 10.3 Å². The second kappa shape index (κ2) is 19.8. The monoisotopic (exact) mass is 470 g/mol. The first kappa shape index (κ1) is 30.1. The Morgan fingerprint density at radius 3 is 1.48 bits per heavy atom. The highest BCUT2D eigenvalue weighted by Crippen LogP contribution is 1.98. The highest BCUT2D eigenvalue weighted by molar-refractivity contribution is 5.82. The Morgan fingerprint density at radius 1 is 0.758 bits per heavy atom. The summed E-state index contributed by atoms with van der Waals surface area (Å²) in [6.45, 7) is 3.52. The van der Waals surface area contributed by atoms with E-state index in [-0.39, 0.29) is 48.7 Å². The van der Waals surface area contributed by atoms with E-state index < -0.39 is 0 Å². The summed E-state index contributed by atoms with van der Waals surface area (Å²) < 4.78 is 0. The lowest BCUT2D eigenvalue weighted by molar-refractivity contribution is -0.126. The molecule has 0 unspecified atom stereocenters. The van der Waals surface area contributed by atoms with Gasteiger partial charge in [-0.25, -0.2) is 0 Å². The molecular weight excluding hydrogens is 432 g/mol. The SMILES string of the molecule is CN[C@H](CCCNC(=O)CO/N=C\C/C=N\OCC(=O)NCCC[C@@H](NC)C(C)=O)C(C)=O. The molecule has 12 nitrogen and oxygen atoms in total. The Balaban J connectivity index is 3.69. The molecule has 188 valence electrons. The third-order valence-corrected chi connectivity index (χ3v) is 4.56. The molecule has 0 spiro atoms. The number of oxime groups is 2. The second-order valence-corrected chi connectivity index (χ2v) is 7.25. The molecule has 2 atom stereocenters. The maximum Gasteiger partial charge on any atom is 0.260 e. The first-order valence-electron chi connectivity index (χ1n) is 11.0. The van der Waals surface area contributed by atoms with Gasteiger partial charge in [-0.15, -0.1) is 0 Å². The zero-order chi connectivity index (χ0) is 24.9. The van der Waals surface area contributed by atoms with E-state index in [0.717, 1.165) is 0 Å². The quantitative estimate of drug-likeness (QED) is 0.106. The lowest BCUT2D eigenvalue weighted by Crippen LogP contribution is -2.34. The van der Waals surface area contributed by atoms with Gasteiger partial charge in [0.15, 0.2) is 13.2 Å². The summed E-state index contributed by atoms with van der Waals surface area (Å²) in [4.78, 5) is 55.5. The molecular formula is C21H38N6O6. The highest BCUT2D eigenvalue weighted by Gasteiger charge is 2.11. The number of carbonyl (C=O) groups excluding carboxylic acids is 4. The average Bonchev–Trinajstić information content (AvgIpc) is 2.77. The van der Waals surface area contributed by atoms with E-state index in [9.17, 15) is 19.2 Å². The van der Waals surface area contributed by atoms with Crippen molar-refractivity contribution in [1.29, 1.82) is 0 Å². The molecule has 0 aliphatic rings. The normalized spacial score (nSPS) is 13.0. The molecule has 33 heavy (non-hydrogen) atoms. The van der Waals surface area contributed by atoms with Gasteiger partial charge in [-0.1, -0.05) is 10.3 Å². The van der Waals surface area contributed by atoms with Gasteiger partial charge in [0.05, 0.1) is 12.1 Å². The van der Waals surface area contributed by atoms with E-state index in [1.165, 1.54) is 26.3 Å². The van der Waals surface area contributed by atoms with Crippen LogP contribution >= 0.6 is 0 Å². The lowest BCUT2D eigenvalue weighted by atomic mass is 10.1. The summed E-state index contributed by atoms with van der Waals surface area (Å²) in [6, 6.07) is -0.393. The Labute approximate surface area is 195 Å². The maximum atomic E-state index is 11.6. The van der Waals surface area contributed by atoms with Gasteiger partial charge in [0, 0.05) is 31.9 Å². The Hall–Kier alpha value is -2.86. The molecule has 0 saturated heterocycles. The van der Waals surface area contributed by atoms with Crippen molar-refractivity contribution in [3.63, 3.8) is 0 Å². The van der Waals surface area contributed by atoms with Crippen molar-refractivity contribution >= 4 is 35.8 Å². The van der Waals surface area contributed by atoms with Crippen LogP contribution in [0.2, 0.25) is 0 Å². The number of rotatable bonds is 20. The molecule has 0 fully saturated rings. The predicted octanol–water partition coefficient (Wildman–Crippen LogP) is -0.472. The Bertz CT molecular complexity index is 601. The van der Waals surface area contributed by atoms with Crippen molar-refractivity contribution in [2.75, 3.05) is 40.4 Å². The van der Waals surface area contributed by atoms with Crippen LogP contribution in [0.1, 0.15) is 46.0 Å². The summed E-state index contributed by atoms with van der Waals surface area (Å²) >= 11 is 0. The van der Waals surface area contributed by atoms with Gasteiger partial charge < -0.3 is 30.9 Å². The molecule has 0 rings (SSSR count). The summed E-state index contributed by atoms with van der Waals surface area (Å²) in [5.74, 6) is -0.470. The van der Waals surface area contributed by atoms with Crippen LogP contribution in [0, 0.1) is 0 Å². The van der Waals surface area contributed by atoms with Crippen molar-refractivity contribution < 1.29 is 28.9 Å². The first-order chi connectivity index (χ1) is 15.8. The van der Waals surface area contributed by atoms with Crippen LogP contribution < -0.4 is 21.3 Å². The number of amides is 2. The van der Waals surface area contributed by atoms with Crippen LogP contribution in [0.3, 0.4) is 0 Å². The van der Waals surface area contributed by atoms with Crippen molar-refractivity contribution in [2.24, 2.45) is 10.3 Å². The van der Waals surface area contributed by atoms with E-state index >= 15 is 0 Å². The topological polar surface area (TPSA) is 160 Å². The molecule has 0 saturated carbocycles. The Morgan fingerprint density at radius 2 is 1.15 bits per heavy atom. The molecule has 0 radical (unpaired) electrons. The van der Waals surface area contributed by atoms with Crippen molar-refractivity contribution in [1.82, 2.24) is 21.3 Å². The Kier molecular flexibility index (Phi) is 18.1. The lowest BCUT2D eigenvalue weighted by Gasteiger charge is -2.12. The zero-order valence-electron chi connectivity index (χ0n) is 20.0. The van der Waals surface area contributed by atoms with Gasteiger partial charge in [0.25, 0.3) is 11.8 Å². The van der Waals surface area contributed by atoms with E-state index in [4.69, 9.17) is 9.68 Å². The second-order valence-electron chi connectivity index (χ2n) is 7.25. The number of Topliss-reactive ketones (excluding diaryl/α,β-unsaturated/α-hetero) is 2. The van der Waals surface area contributed by atoms with E-state index in [0.29, 0.717) is 45.2 Å². The smallest absolute Gasteiger partial charge is 0.260 e. The van der Waals surface area contributed by atoms with Gasteiger partial charge in [-0.2, -0.15) is 0 Å². The highest BCUT2D eigenvalue weighted by atomic mass is 16.6. The van der Waals surface area contributed by atoms with Crippen molar-refractivity contribution in [2.45, 2.75) is 58.0 Å². The zero-order valence-corrected chi connectivity index (χ0v) is 20.0. The van der Waals surface area contributed by atoms with Crippen molar-refractivity contribution in [3.8, 4) is 0 Å². The van der Waals surface area contributed by atoms with Gasteiger partial charge >= 0.3 is 0 Å². The van der Waals surface area contributed by atoms with Crippen LogP contribution in [0.4, 0.5) is 0 Å². The minimum absolute atomic E-state index is 0.0687. The molecule has 4 N–H and O–H groups in total. The molecule has 0 aromatic carbocycles. The molecule has 12 heteroatoms. The molecule has 0 aliphatic carbocycles. The van der Waals surface area contributed by atoms with Gasteiger partial charge in [-0.05, 0) is 53.6 Å². The molecule has 0 heterocycles. The maximum absolute atomic E-state index is 11.6. The first-order valence-corrected chi connectivity index (χ1v) is 11.0. The number of nitrogens with zero attached hydrogens (tertiary/aromatic N) is 2. The third kappa shape index (κ3) is 17.4. The fraction of sp³-hybridized carbons (Fsp3) is 0.714. The molecule has 0 aromatic rings. The third-order valence-electron chi connectivity index (χ3n) is 4.56. The number of nitrogens with one attached hydrogen (secondary N) is 4. The number of ketones is 2. The van der Waals surface area contributed by atoms with Crippen molar-refractivity contribution in [3.05, 3.63) is 0 Å². The minimum Gasteiger partial charge on any atom is -0.386 e. The minimum atomic E-state index is -0.304. The number of hydrogen-bond donors (Lipinski definition) is 4. The van der Waals surface area contributed by atoms with Crippen LogP contribution in [0.25, 0.3) is 0 Å².